The number of hydrogen-bond donors (Lipinski definition) is 1. The zero-order chi connectivity index (χ0) is 28.7. The number of amides is 2. The molecule has 4 aliphatic rings. The molecule has 2 aliphatic heterocycles. The van der Waals surface area contributed by atoms with Gasteiger partial charge in [0.15, 0.2) is 0 Å². The molecule has 42 heavy (non-hydrogen) atoms. The lowest BCUT2D eigenvalue weighted by atomic mass is 9.68. The van der Waals surface area contributed by atoms with Gasteiger partial charge in [-0.15, -0.1) is 11.8 Å². The van der Waals surface area contributed by atoms with E-state index < -0.39 is 0 Å². The first-order chi connectivity index (χ1) is 20.4. The van der Waals surface area contributed by atoms with Crippen LogP contribution in [0.2, 0.25) is 0 Å². The minimum absolute atomic E-state index is 0.0331. The average Bonchev–Trinajstić information content (AvgIpc) is 3.72. The second-order valence-electron chi connectivity index (χ2n) is 11.4. The maximum absolute atomic E-state index is 14.0. The third-order valence-corrected chi connectivity index (χ3v) is 13.0. The van der Waals surface area contributed by atoms with E-state index in [0.717, 1.165) is 42.1 Å². The Morgan fingerprint density at radius 3 is 2.36 bits per heavy atom. The summed E-state index contributed by atoms with van der Waals surface area (Å²) in [5.41, 5.74) is 2.71. The number of carbonyl (C=O) groups excluding carboxylic acids is 2. The highest BCUT2D eigenvalue weighted by atomic mass is 79.9. The molecular formula is C32H24Br2N2O4S2. The summed E-state index contributed by atoms with van der Waals surface area (Å²) < 4.78 is 8.27. The van der Waals surface area contributed by atoms with Crippen LogP contribution in [0.15, 0.2) is 91.6 Å². The summed E-state index contributed by atoms with van der Waals surface area (Å²) in [5.74, 6) is -0.0301. The van der Waals surface area contributed by atoms with E-state index in [1.165, 1.54) is 16.2 Å². The second-order valence-corrected chi connectivity index (χ2v) is 15.4. The van der Waals surface area contributed by atoms with Crippen molar-refractivity contribution in [2.75, 3.05) is 4.90 Å². The summed E-state index contributed by atoms with van der Waals surface area (Å²) in [4.78, 5) is 46.0. The fourth-order valence-electron chi connectivity index (χ4n) is 7.84. The maximum Gasteiger partial charge on any atom is 0.305 e. The molecule has 3 heterocycles. The summed E-state index contributed by atoms with van der Waals surface area (Å²) in [6, 6.07) is 23.5. The monoisotopic (exact) mass is 722 g/mol. The highest BCUT2D eigenvalue weighted by Gasteiger charge is 2.69. The Balaban J connectivity index is 1.21. The lowest BCUT2D eigenvalue weighted by molar-refractivity contribution is -0.123. The minimum atomic E-state index is -0.353. The number of H-pyrrole nitrogens is 1. The third kappa shape index (κ3) is 4.12. The third-order valence-electron chi connectivity index (χ3n) is 9.35. The number of nitrogens with one attached hydrogen (secondary N) is 1. The molecule has 0 radical (unpaired) electrons. The first kappa shape index (κ1) is 26.9. The number of halogens is 2. The number of carbonyl (C=O) groups is 2. The predicted molar refractivity (Wildman–Crippen MR) is 170 cm³/mol. The van der Waals surface area contributed by atoms with Crippen molar-refractivity contribution in [3.05, 3.63) is 107 Å². The van der Waals surface area contributed by atoms with E-state index in [9.17, 15) is 14.4 Å². The largest absolute Gasteiger partial charge is 0.489 e. The van der Waals surface area contributed by atoms with Crippen molar-refractivity contribution in [2.24, 2.45) is 29.6 Å². The van der Waals surface area contributed by atoms with Crippen LogP contribution in [-0.4, -0.2) is 22.0 Å². The molecule has 2 saturated carbocycles. The number of fused-ring (bicyclic) bond motifs is 9. The summed E-state index contributed by atoms with van der Waals surface area (Å²) in [5, 5.41) is 0.998. The number of anilines is 1. The van der Waals surface area contributed by atoms with Crippen molar-refractivity contribution < 1.29 is 14.3 Å². The van der Waals surface area contributed by atoms with Gasteiger partial charge in [-0.2, -0.15) is 0 Å². The molecule has 1 N–H and O–H groups in total. The Morgan fingerprint density at radius 2 is 1.60 bits per heavy atom. The van der Waals surface area contributed by atoms with Crippen LogP contribution >= 0.6 is 55.0 Å². The topological polar surface area (TPSA) is 79.5 Å². The SMILES string of the molecule is O=C1C2C3CC(C2C(=O)N1c1ccc(Br)cc1)C1C3Sc2[nH]c(=O)sc2[C@@H]1c1cc(Br)ccc1OCc1ccccc1. The molecule has 7 atom stereocenters. The van der Waals surface area contributed by atoms with Crippen molar-refractivity contribution in [3.63, 3.8) is 0 Å². The molecule has 1 aromatic heterocycles. The van der Waals surface area contributed by atoms with Gasteiger partial charge < -0.3 is 9.72 Å². The quantitative estimate of drug-likeness (QED) is 0.220. The Bertz CT molecular complexity index is 1790. The molecule has 2 bridgehead atoms. The molecule has 1 saturated heterocycles. The van der Waals surface area contributed by atoms with Crippen molar-refractivity contribution in [1.82, 2.24) is 4.98 Å². The van der Waals surface area contributed by atoms with Gasteiger partial charge in [0.25, 0.3) is 0 Å². The molecule has 3 fully saturated rings. The number of benzene rings is 3. The molecular weight excluding hydrogens is 700 g/mol. The van der Waals surface area contributed by atoms with E-state index in [4.69, 9.17) is 4.74 Å². The van der Waals surface area contributed by atoms with Crippen LogP contribution in [0.1, 0.15) is 28.3 Å². The van der Waals surface area contributed by atoms with Crippen LogP contribution in [0.5, 0.6) is 5.75 Å². The van der Waals surface area contributed by atoms with Crippen LogP contribution in [-0.2, 0) is 16.2 Å². The number of aromatic amines is 1. The highest BCUT2D eigenvalue weighted by molar-refractivity contribution is 9.10. The normalized spacial score (nSPS) is 29.0. The minimum Gasteiger partial charge on any atom is -0.489 e. The van der Waals surface area contributed by atoms with Crippen LogP contribution in [0.3, 0.4) is 0 Å². The van der Waals surface area contributed by atoms with E-state index in [1.54, 1.807) is 11.8 Å². The van der Waals surface area contributed by atoms with Crippen molar-refractivity contribution in [1.29, 1.82) is 0 Å². The van der Waals surface area contributed by atoms with E-state index >= 15 is 0 Å². The van der Waals surface area contributed by atoms with Gasteiger partial charge in [0.05, 0.1) is 22.5 Å². The Hall–Kier alpha value is -2.66. The highest BCUT2D eigenvalue weighted by Crippen LogP contribution is 2.69. The summed E-state index contributed by atoms with van der Waals surface area (Å²) in [6.45, 7) is 0.424. The molecule has 4 aromatic rings. The second kappa shape index (κ2) is 10.2. The Labute approximate surface area is 267 Å². The van der Waals surface area contributed by atoms with Crippen LogP contribution in [0.25, 0.3) is 0 Å². The standard InChI is InChI=1S/C32H24Br2N2O4S2/c33-16-6-9-18(10-7-16)36-30(37)25-20-13-21(26(25)31(36)38)27-24(20)23(28-29(41-27)35-32(39)42-28)19-12-17(34)8-11-22(19)40-14-15-4-2-1-3-5-15/h1-12,20-21,23-27H,13-14H2,(H,35,39)/t20?,21?,23-,24?,25?,26?,27?/m1/s1. The number of hydrogen-bond acceptors (Lipinski definition) is 6. The van der Waals surface area contributed by atoms with Crippen molar-refractivity contribution >= 4 is 72.5 Å². The number of thioether (sulfide) groups is 1. The first-order valence-electron chi connectivity index (χ1n) is 13.9. The van der Waals surface area contributed by atoms with E-state index in [0.29, 0.717) is 12.3 Å². The predicted octanol–water partition coefficient (Wildman–Crippen LogP) is 7.22. The van der Waals surface area contributed by atoms with Gasteiger partial charge >= 0.3 is 4.87 Å². The fourth-order valence-corrected chi connectivity index (χ4v) is 11.4. The number of ether oxygens (including phenoxy) is 1. The number of imide groups is 1. The van der Waals surface area contributed by atoms with E-state index in [1.807, 2.05) is 66.7 Å². The smallest absolute Gasteiger partial charge is 0.305 e. The van der Waals surface area contributed by atoms with Crippen LogP contribution in [0.4, 0.5) is 5.69 Å². The molecule has 212 valence electrons. The molecule has 0 spiro atoms. The van der Waals surface area contributed by atoms with Crippen molar-refractivity contribution in [2.45, 2.75) is 29.2 Å². The van der Waals surface area contributed by atoms with Gasteiger partial charge in [-0.25, -0.2) is 0 Å². The van der Waals surface area contributed by atoms with Crippen LogP contribution in [0, 0.1) is 29.6 Å². The molecule has 6 nitrogen and oxygen atoms in total. The van der Waals surface area contributed by atoms with Gasteiger partial charge in [-0.3, -0.25) is 19.3 Å². The molecule has 6 unspecified atom stereocenters. The molecule has 2 aliphatic carbocycles. The lowest BCUT2D eigenvalue weighted by Gasteiger charge is -2.43. The van der Waals surface area contributed by atoms with E-state index in [2.05, 4.69) is 42.9 Å². The van der Waals surface area contributed by atoms with E-state index in [-0.39, 0.29) is 57.4 Å². The first-order valence-corrected chi connectivity index (χ1v) is 17.2. The number of rotatable bonds is 5. The summed E-state index contributed by atoms with van der Waals surface area (Å²) in [7, 11) is 0. The van der Waals surface area contributed by atoms with Gasteiger partial charge in [0, 0.05) is 30.6 Å². The molecule has 8 rings (SSSR count). The van der Waals surface area contributed by atoms with Gasteiger partial charge in [-0.05, 0) is 72.2 Å². The fraction of sp³-hybridized carbons (Fsp3) is 0.281. The Kier molecular flexibility index (Phi) is 6.55. The van der Waals surface area contributed by atoms with Crippen LogP contribution < -0.4 is 14.5 Å². The number of thiazole rings is 1. The van der Waals surface area contributed by atoms with Gasteiger partial charge in [0.1, 0.15) is 12.4 Å². The zero-order valence-corrected chi connectivity index (χ0v) is 26.8. The summed E-state index contributed by atoms with van der Waals surface area (Å²) >= 11 is 10.1. The lowest BCUT2D eigenvalue weighted by Crippen LogP contribution is -2.42. The number of nitrogens with zero attached hydrogens (tertiary/aromatic N) is 1. The summed E-state index contributed by atoms with van der Waals surface area (Å²) in [6.07, 6.45) is 0.840. The molecule has 2 amide bonds. The van der Waals surface area contributed by atoms with Gasteiger partial charge in [0.2, 0.25) is 11.8 Å². The average molecular weight is 724 g/mol. The van der Waals surface area contributed by atoms with Crippen molar-refractivity contribution in [3.8, 4) is 5.75 Å². The van der Waals surface area contributed by atoms with Gasteiger partial charge in [-0.1, -0.05) is 73.5 Å². The molecule has 3 aromatic carbocycles. The Morgan fingerprint density at radius 1 is 0.881 bits per heavy atom. The zero-order valence-electron chi connectivity index (χ0n) is 22.0. The maximum atomic E-state index is 14.0. The molecule has 10 heteroatoms. The number of aromatic nitrogens is 1.